The summed E-state index contributed by atoms with van der Waals surface area (Å²) in [6.45, 7) is 5.38. The van der Waals surface area contributed by atoms with Crippen molar-refractivity contribution in [1.82, 2.24) is 0 Å². The molecule has 126 valence electrons. The minimum absolute atomic E-state index is 0.0186. The number of hydrogen-bond acceptors (Lipinski definition) is 3. The van der Waals surface area contributed by atoms with Crippen LogP contribution in [0.4, 0.5) is 17.1 Å². The molecule has 0 aromatic heterocycles. The molecular weight excluding hydrogens is 300 g/mol. The highest BCUT2D eigenvalue weighted by Gasteiger charge is 2.19. The van der Waals surface area contributed by atoms with Crippen molar-refractivity contribution in [3.05, 3.63) is 54.1 Å². The Morgan fingerprint density at radius 1 is 1.17 bits per heavy atom. The lowest BCUT2D eigenvalue weighted by Gasteiger charge is -2.20. The van der Waals surface area contributed by atoms with Gasteiger partial charge in [0, 0.05) is 23.6 Å². The lowest BCUT2D eigenvalue weighted by molar-refractivity contribution is -0.117. The van der Waals surface area contributed by atoms with E-state index in [1.165, 1.54) is 11.3 Å². The van der Waals surface area contributed by atoms with Gasteiger partial charge in [-0.15, -0.1) is 0 Å². The minimum Gasteiger partial charge on any atom is -0.378 e. The molecule has 0 atom stereocenters. The summed E-state index contributed by atoms with van der Waals surface area (Å²) in [5, 5.41) is 2.92. The second-order valence-corrected chi connectivity index (χ2v) is 6.29. The van der Waals surface area contributed by atoms with Crippen LogP contribution in [-0.4, -0.2) is 25.2 Å². The fraction of sp³-hybridized carbons (Fsp3) is 0.350. The lowest BCUT2D eigenvalue weighted by Crippen LogP contribution is -2.16. The summed E-state index contributed by atoms with van der Waals surface area (Å²) >= 11 is 0. The number of carbonyl (C=O) groups excluding carboxylic acids is 1. The Hall–Kier alpha value is -2.33. The lowest BCUT2D eigenvalue weighted by atomic mass is 10.2. The quantitative estimate of drug-likeness (QED) is 0.868. The Kier molecular flexibility index (Phi) is 5.16. The van der Waals surface area contributed by atoms with Crippen molar-refractivity contribution in [2.24, 2.45) is 0 Å². The first-order valence-corrected chi connectivity index (χ1v) is 8.50. The number of amides is 1. The highest BCUT2D eigenvalue weighted by Crippen LogP contribution is 2.34. The van der Waals surface area contributed by atoms with E-state index in [0.29, 0.717) is 13.0 Å². The molecule has 24 heavy (non-hydrogen) atoms. The highest BCUT2D eigenvalue weighted by molar-refractivity contribution is 5.91. The predicted octanol–water partition coefficient (Wildman–Crippen LogP) is 4.13. The second-order valence-electron chi connectivity index (χ2n) is 6.29. The van der Waals surface area contributed by atoms with Gasteiger partial charge in [0.2, 0.25) is 5.91 Å². The molecule has 2 aromatic carbocycles. The monoisotopic (exact) mass is 324 g/mol. The molecule has 0 saturated heterocycles. The first-order chi connectivity index (χ1) is 11.6. The third-order valence-electron chi connectivity index (χ3n) is 4.13. The molecule has 4 heteroatoms. The Bertz CT molecular complexity index is 695. The largest absolute Gasteiger partial charge is 0.378 e. The number of fused-ring (bicyclic) bond motifs is 1. The molecule has 4 nitrogen and oxygen atoms in total. The van der Waals surface area contributed by atoms with Gasteiger partial charge in [0.25, 0.3) is 0 Å². The van der Waals surface area contributed by atoms with Crippen molar-refractivity contribution in [2.45, 2.75) is 32.8 Å². The summed E-state index contributed by atoms with van der Waals surface area (Å²) in [6, 6.07) is 16.5. The standard InChI is InChI=1S/C20H24N2O2/c1-15(2)24-14-12-20(23)21-17-7-9-18(10-8-17)22-13-11-16-5-3-4-6-19(16)22/h3-10,15H,11-14H2,1-2H3,(H,21,23). The third-order valence-corrected chi connectivity index (χ3v) is 4.13. The van der Waals surface area contributed by atoms with Gasteiger partial charge < -0.3 is 15.0 Å². The average molecular weight is 324 g/mol. The van der Waals surface area contributed by atoms with Crippen molar-refractivity contribution < 1.29 is 9.53 Å². The van der Waals surface area contributed by atoms with Crippen LogP contribution in [0.25, 0.3) is 0 Å². The summed E-state index contributed by atoms with van der Waals surface area (Å²) < 4.78 is 5.40. The number of hydrogen-bond donors (Lipinski definition) is 1. The van der Waals surface area contributed by atoms with Crippen LogP contribution in [0.5, 0.6) is 0 Å². The smallest absolute Gasteiger partial charge is 0.226 e. The molecule has 1 amide bonds. The van der Waals surface area contributed by atoms with Crippen molar-refractivity contribution >= 4 is 23.0 Å². The van der Waals surface area contributed by atoms with Gasteiger partial charge in [0.1, 0.15) is 0 Å². The van der Waals surface area contributed by atoms with Crippen LogP contribution >= 0.6 is 0 Å². The predicted molar refractivity (Wildman–Crippen MR) is 97.9 cm³/mol. The van der Waals surface area contributed by atoms with Gasteiger partial charge in [0.05, 0.1) is 19.1 Å². The molecule has 3 rings (SSSR count). The van der Waals surface area contributed by atoms with E-state index in [2.05, 4.69) is 46.6 Å². The fourth-order valence-electron chi connectivity index (χ4n) is 2.94. The maximum absolute atomic E-state index is 11.9. The van der Waals surface area contributed by atoms with Crippen LogP contribution in [0.3, 0.4) is 0 Å². The molecule has 2 aromatic rings. The zero-order valence-corrected chi connectivity index (χ0v) is 14.3. The number of ether oxygens (including phenoxy) is 1. The number of benzene rings is 2. The van der Waals surface area contributed by atoms with Gasteiger partial charge in [-0.25, -0.2) is 0 Å². The fourth-order valence-corrected chi connectivity index (χ4v) is 2.94. The van der Waals surface area contributed by atoms with Crippen molar-refractivity contribution in [2.75, 3.05) is 23.4 Å². The van der Waals surface area contributed by atoms with E-state index in [4.69, 9.17) is 4.74 Å². The summed E-state index contributed by atoms with van der Waals surface area (Å²) in [5.41, 5.74) is 4.64. The normalized spacial score (nSPS) is 13.2. The molecule has 0 radical (unpaired) electrons. The first kappa shape index (κ1) is 16.5. The Morgan fingerprint density at radius 3 is 2.67 bits per heavy atom. The van der Waals surface area contributed by atoms with E-state index in [1.54, 1.807) is 0 Å². The van der Waals surface area contributed by atoms with Gasteiger partial charge >= 0.3 is 0 Å². The molecule has 0 aliphatic carbocycles. The molecule has 0 fully saturated rings. The molecule has 0 spiro atoms. The van der Waals surface area contributed by atoms with E-state index >= 15 is 0 Å². The van der Waals surface area contributed by atoms with E-state index in [9.17, 15) is 4.79 Å². The molecular formula is C20H24N2O2. The van der Waals surface area contributed by atoms with Crippen LogP contribution in [0.1, 0.15) is 25.8 Å². The topological polar surface area (TPSA) is 41.6 Å². The third kappa shape index (κ3) is 3.95. The van der Waals surface area contributed by atoms with Crippen LogP contribution in [0, 0.1) is 0 Å². The number of carbonyl (C=O) groups is 1. The molecule has 1 N–H and O–H groups in total. The number of nitrogens with zero attached hydrogens (tertiary/aromatic N) is 1. The Morgan fingerprint density at radius 2 is 1.92 bits per heavy atom. The van der Waals surface area contributed by atoms with Crippen LogP contribution in [-0.2, 0) is 16.0 Å². The van der Waals surface area contributed by atoms with Crippen molar-refractivity contribution in [3.8, 4) is 0 Å². The van der Waals surface area contributed by atoms with E-state index in [0.717, 1.165) is 24.3 Å². The van der Waals surface area contributed by atoms with E-state index < -0.39 is 0 Å². The van der Waals surface area contributed by atoms with Crippen molar-refractivity contribution in [1.29, 1.82) is 0 Å². The molecule has 0 unspecified atom stereocenters. The number of para-hydroxylation sites is 1. The highest BCUT2D eigenvalue weighted by atomic mass is 16.5. The SMILES string of the molecule is CC(C)OCCC(=O)Nc1ccc(N2CCc3ccccc32)cc1. The van der Waals surface area contributed by atoms with Crippen LogP contribution in [0.2, 0.25) is 0 Å². The van der Waals surface area contributed by atoms with E-state index in [-0.39, 0.29) is 12.0 Å². The van der Waals surface area contributed by atoms with E-state index in [1.807, 2.05) is 26.0 Å². The zero-order chi connectivity index (χ0) is 16.9. The summed E-state index contributed by atoms with van der Waals surface area (Å²) in [5.74, 6) is -0.0186. The maximum atomic E-state index is 11.9. The second kappa shape index (κ2) is 7.49. The van der Waals surface area contributed by atoms with Gasteiger partial charge in [-0.05, 0) is 56.2 Å². The molecule has 1 aliphatic heterocycles. The Labute approximate surface area is 143 Å². The molecule has 1 heterocycles. The molecule has 1 aliphatic rings. The molecule has 0 bridgehead atoms. The zero-order valence-electron chi connectivity index (χ0n) is 14.3. The average Bonchev–Trinajstić information content (AvgIpc) is 2.99. The summed E-state index contributed by atoms with van der Waals surface area (Å²) in [7, 11) is 0. The number of anilines is 3. The molecule has 0 saturated carbocycles. The maximum Gasteiger partial charge on any atom is 0.226 e. The number of nitrogens with one attached hydrogen (secondary N) is 1. The summed E-state index contributed by atoms with van der Waals surface area (Å²) in [4.78, 5) is 14.2. The van der Waals surface area contributed by atoms with Gasteiger partial charge in [0.15, 0.2) is 0 Å². The van der Waals surface area contributed by atoms with Gasteiger partial charge in [-0.2, -0.15) is 0 Å². The van der Waals surface area contributed by atoms with Crippen molar-refractivity contribution in [3.63, 3.8) is 0 Å². The van der Waals surface area contributed by atoms with Gasteiger partial charge in [-0.3, -0.25) is 4.79 Å². The minimum atomic E-state index is -0.0186. The number of rotatable bonds is 6. The first-order valence-electron chi connectivity index (χ1n) is 8.50. The van der Waals surface area contributed by atoms with Crippen LogP contribution < -0.4 is 10.2 Å². The summed E-state index contributed by atoms with van der Waals surface area (Å²) in [6.07, 6.45) is 1.60. The van der Waals surface area contributed by atoms with Gasteiger partial charge in [-0.1, -0.05) is 18.2 Å². The Balaban J connectivity index is 1.59. The van der Waals surface area contributed by atoms with Crippen LogP contribution in [0.15, 0.2) is 48.5 Å².